The number of anilines is 1. The average Bonchev–Trinajstić information content (AvgIpc) is 2.25. The topological polar surface area (TPSA) is 47.0 Å². The summed E-state index contributed by atoms with van der Waals surface area (Å²) in [6, 6.07) is 2.45. The molecule has 0 saturated heterocycles. The van der Waals surface area contributed by atoms with Crippen molar-refractivity contribution in [2.75, 3.05) is 11.9 Å². The molecule has 1 fully saturated rings. The maximum atomic E-state index is 5.46. The number of ether oxygens (including phenoxy) is 1. The molecule has 0 unspecified atom stereocenters. The molecule has 0 amide bonds. The molecule has 4 heteroatoms. The molecule has 1 heterocycles. The minimum Gasteiger partial charge on any atom is -0.478 e. The van der Waals surface area contributed by atoms with E-state index in [4.69, 9.17) is 4.74 Å². The molecule has 16 heavy (non-hydrogen) atoms. The SMILES string of the molecule is CCCOc1cc(NC2CC(C)C2)ncn1. The van der Waals surface area contributed by atoms with Gasteiger partial charge >= 0.3 is 0 Å². The van der Waals surface area contributed by atoms with E-state index in [0.717, 1.165) is 18.2 Å². The second kappa shape index (κ2) is 5.14. The van der Waals surface area contributed by atoms with E-state index >= 15 is 0 Å². The van der Waals surface area contributed by atoms with Crippen molar-refractivity contribution in [3.63, 3.8) is 0 Å². The molecule has 4 nitrogen and oxygen atoms in total. The van der Waals surface area contributed by atoms with E-state index in [9.17, 15) is 0 Å². The Morgan fingerprint density at radius 2 is 2.25 bits per heavy atom. The molecule has 2 rings (SSSR count). The standard InChI is InChI=1S/C12H19N3O/c1-3-4-16-12-7-11(13-8-14-12)15-10-5-9(2)6-10/h7-10H,3-6H2,1-2H3,(H,13,14,15). The molecule has 0 radical (unpaired) electrons. The van der Waals surface area contributed by atoms with Gasteiger partial charge in [0, 0.05) is 12.1 Å². The third kappa shape index (κ3) is 2.84. The van der Waals surface area contributed by atoms with Crippen molar-refractivity contribution in [2.45, 2.75) is 39.2 Å². The van der Waals surface area contributed by atoms with Gasteiger partial charge in [0.05, 0.1) is 6.61 Å². The van der Waals surface area contributed by atoms with Gasteiger partial charge in [-0.05, 0) is 25.2 Å². The fourth-order valence-corrected chi connectivity index (χ4v) is 1.93. The van der Waals surface area contributed by atoms with E-state index in [2.05, 4.69) is 29.1 Å². The smallest absolute Gasteiger partial charge is 0.218 e. The quantitative estimate of drug-likeness (QED) is 0.829. The van der Waals surface area contributed by atoms with Crippen molar-refractivity contribution in [1.29, 1.82) is 0 Å². The summed E-state index contributed by atoms with van der Waals surface area (Å²) in [5.41, 5.74) is 0. The summed E-state index contributed by atoms with van der Waals surface area (Å²) in [7, 11) is 0. The van der Waals surface area contributed by atoms with Crippen LogP contribution in [0.15, 0.2) is 12.4 Å². The highest BCUT2D eigenvalue weighted by Gasteiger charge is 2.25. The monoisotopic (exact) mass is 221 g/mol. The number of hydrogen-bond donors (Lipinski definition) is 1. The largest absolute Gasteiger partial charge is 0.478 e. The molecule has 1 aromatic heterocycles. The van der Waals surface area contributed by atoms with Crippen LogP contribution in [0.1, 0.15) is 33.1 Å². The minimum absolute atomic E-state index is 0.573. The van der Waals surface area contributed by atoms with Crippen LogP contribution in [0.3, 0.4) is 0 Å². The highest BCUT2D eigenvalue weighted by molar-refractivity contribution is 5.38. The zero-order valence-corrected chi connectivity index (χ0v) is 9.94. The fraction of sp³-hybridized carbons (Fsp3) is 0.667. The summed E-state index contributed by atoms with van der Waals surface area (Å²) >= 11 is 0. The Labute approximate surface area is 96.4 Å². The zero-order chi connectivity index (χ0) is 11.4. The molecule has 0 atom stereocenters. The van der Waals surface area contributed by atoms with Crippen LogP contribution < -0.4 is 10.1 Å². The highest BCUT2D eigenvalue weighted by atomic mass is 16.5. The Kier molecular flexibility index (Phi) is 3.59. The molecule has 0 bridgehead atoms. The minimum atomic E-state index is 0.573. The molecule has 1 saturated carbocycles. The predicted molar refractivity (Wildman–Crippen MR) is 63.6 cm³/mol. The van der Waals surface area contributed by atoms with Crippen LogP contribution in [0, 0.1) is 5.92 Å². The lowest BCUT2D eigenvalue weighted by Gasteiger charge is -2.33. The summed E-state index contributed by atoms with van der Waals surface area (Å²) in [6.45, 7) is 5.06. The first-order valence-electron chi connectivity index (χ1n) is 5.99. The van der Waals surface area contributed by atoms with E-state index < -0.39 is 0 Å². The van der Waals surface area contributed by atoms with E-state index in [-0.39, 0.29) is 0 Å². The summed E-state index contributed by atoms with van der Waals surface area (Å²) in [4.78, 5) is 8.26. The van der Waals surface area contributed by atoms with Crippen molar-refractivity contribution in [1.82, 2.24) is 9.97 Å². The van der Waals surface area contributed by atoms with E-state index in [1.54, 1.807) is 6.33 Å². The van der Waals surface area contributed by atoms with E-state index in [1.165, 1.54) is 12.8 Å². The number of nitrogens with one attached hydrogen (secondary N) is 1. The summed E-state index contributed by atoms with van der Waals surface area (Å²) in [5.74, 6) is 2.37. The fourth-order valence-electron chi connectivity index (χ4n) is 1.93. The molecule has 0 aliphatic heterocycles. The summed E-state index contributed by atoms with van der Waals surface area (Å²) in [5, 5.41) is 3.39. The number of rotatable bonds is 5. The molecule has 0 aromatic carbocycles. The average molecular weight is 221 g/mol. The van der Waals surface area contributed by atoms with Crippen LogP contribution in [0.25, 0.3) is 0 Å². The van der Waals surface area contributed by atoms with Crippen molar-refractivity contribution >= 4 is 5.82 Å². The molecule has 1 aromatic rings. The number of nitrogens with zero attached hydrogens (tertiary/aromatic N) is 2. The molecule has 88 valence electrons. The van der Waals surface area contributed by atoms with Crippen LogP contribution in [0.2, 0.25) is 0 Å². The van der Waals surface area contributed by atoms with Crippen LogP contribution in [0.4, 0.5) is 5.82 Å². The first-order valence-corrected chi connectivity index (χ1v) is 5.99. The number of hydrogen-bond acceptors (Lipinski definition) is 4. The van der Waals surface area contributed by atoms with E-state index in [0.29, 0.717) is 18.5 Å². The van der Waals surface area contributed by atoms with Gasteiger partial charge in [0.1, 0.15) is 12.1 Å². The van der Waals surface area contributed by atoms with Crippen molar-refractivity contribution in [3.05, 3.63) is 12.4 Å². The molecular weight excluding hydrogens is 202 g/mol. The lowest BCUT2D eigenvalue weighted by atomic mass is 9.82. The molecule has 0 spiro atoms. The van der Waals surface area contributed by atoms with Crippen LogP contribution >= 0.6 is 0 Å². The van der Waals surface area contributed by atoms with Crippen LogP contribution in [-0.4, -0.2) is 22.6 Å². The van der Waals surface area contributed by atoms with Crippen molar-refractivity contribution in [3.8, 4) is 5.88 Å². The van der Waals surface area contributed by atoms with Gasteiger partial charge in [-0.3, -0.25) is 0 Å². The lowest BCUT2D eigenvalue weighted by molar-refractivity contribution is 0.302. The maximum absolute atomic E-state index is 5.46. The zero-order valence-electron chi connectivity index (χ0n) is 9.94. The van der Waals surface area contributed by atoms with Gasteiger partial charge in [-0.2, -0.15) is 0 Å². The molecule has 1 aliphatic carbocycles. The first kappa shape index (κ1) is 11.2. The van der Waals surface area contributed by atoms with Crippen molar-refractivity contribution in [2.24, 2.45) is 5.92 Å². The first-order chi connectivity index (χ1) is 7.78. The van der Waals surface area contributed by atoms with Gasteiger partial charge in [0.15, 0.2) is 0 Å². The van der Waals surface area contributed by atoms with Gasteiger partial charge in [-0.15, -0.1) is 0 Å². The Hall–Kier alpha value is -1.32. The third-order valence-electron chi connectivity index (χ3n) is 2.82. The van der Waals surface area contributed by atoms with Crippen LogP contribution in [0.5, 0.6) is 5.88 Å². The van der Waals surface area contributed by atoms with Crippen molar-refractivity contribution < 1.29 is 4.74 Å². The maximum Gasteiger partial charge on any atom is 0.218 e. The third-order valence-corrected chi connectivity index (χ3v) is 2.82. The summed E-state index contributed by atoms with van der Waals surface area (Å²) < 4.78 is 5.46. The molecule has 1 N–H and O–H groups in total. The van der Waals surface area contributed by atoms with Gasteiger partial charge in [-0.25, -0.2) is 9.97 Å². The Morgan fingerprint density at radius 3 is 2.94 bits per heavy atom. The molecule has 1 aliphatic rings. The van der Waals surface area contributed by atoms with Gasteiger partial charge in [0.25, 0.3) is 0 Å². The van der Waals surface area contributed by atoms with Crippen LogP contribution in [-0.2, 0) is 0 Å². The van der Waals surface area contributed by atoms with E-state index in [1.807, 2.05) is 6.07 Å². The lowest BCUT2D eigenvalue weighted by Crippen LogP contribution is -2.34. The normalized spacial score (nSPS) is 23.6. The van der Waals surface area contributed by atoms with Gasteiger partial charge < -0.3 is 10.1 Å². The predicted octanol–water partition coefficient (Wildman–Crippen LogP) is 2.48. The second-order valence-corrected chi connectivity index (χ2v) is 4.51. The Balaban J connectivity index is 1.88. The summed E-state index contributed by atoms with van der Waals surface area (Å²) in [6.07, 6.45) is 5.01. The Bertz CT molecular complexity index is 337. The number of aromatic nitrogens is 2. The molecular formula is C12H19N3O. The highest BCUT2D eigenvalue weighted by Crippen LogP contribution is 2.29. The van der Waals surface area contributed by atoms with Gasteiger partial charge in [0.2, 0.25) is 5.88 Å². The Morgan fingerprint density at radius 1 is 1.44 bits per heavy atom. The van der Waals surface area contributed by atoms with Gasteiger partial charge in [-0.1, -0.05) is 13.8 Å². The second-order valence-electron chi connectivity index (χ2n) is 4.51.